The highest BCUT2D eigenvalue weighted by atomic mass is 16.5. The van der Waals surface area contributed by atoms with E-state index >= 15 is 0 Å². The molecule has 2 amide bonds. The predicted molar refractivity (Wildman–Crippen MR) is 125 cm³/mol. The number of likely N-dealkylation sites (tertiary alicyclic amines) is 1. The number of nitrogens with zero attached hydrogens (tertiary/aromatic N) is 3. The summed E-state index contributed by atoms with van der Waals surface area (Å²) < 4.78 is 6.05. The Morgan fingerprint density at radius 2 is 1.66 bits per heavy atom. The maximum atomic E-state index is 12.9. The first-order valence-corrected chi connectivity index (χ1v) is 12.6. The lowest BCUT2D eigenvalue weighted by Crippen LogP contribution is -2.45. The molecule has 2 heterocycles. The number of hydrogen-bond donors (Lipinski definition) is 0. The molecule has 0 N–H and O–H groups in total. The van der Waals surface area contributed by atoms with Crippen molar-refractivity contribution >= 4 is 12.3 Å². The zero-order valence-corrected chi connectivity index (χ0v) is 19.4. The standard InChI is InChI=1S/C26H39N3O3/c30-21-28-16-14-27(15-17-28)20-23-8-10-25(11-9-23)32-18-12-24-7-3-4-13-29(24)26(31)19-22-5-1-2-6-22/h8-11,21-22,24H,1-7,12-20H2. The number of ether oxygens (including phenoxy) is 1. The van der Waals surface area contributed by atoms with Crippen molar-refractivity contribution < 1.29 is 14.3 Å². The average molecular weight is 442 g/mol. The van der Waals surface area contributed by atoms with Gasteiger partial charge < -0.3 is 14.5 Å². The molecule has 0 spiro atoms. The van der Waals surface area contributed by atoms with E-state index in [1.165, 1.54) is 37.7 Å². The van der Waals surface area contributed by atoms with Crippen LogP contribution < -0.4 is 4.74 Å². The number of carbonyl (C=O) groups excluding carboxylic acids is 2. The second-order valence-corrected chi connectivity index (χ2v) is 9.79. The van der Waals surface area contributed by atoms with Gasteiger partial charge in [0.25, 0.3) is 0 Å². The van der Waals surface area contributed by atoms with Gasteiger partial charge in [-0.2, -0.15) is 0 Å². The lowest BCUT2D eigenvalue weighted by Gasteiger charge is -2.36. The molecule has 0 radical (unpaired) electrons. The Morgan fingerprint density at radius 1 is 0.938 bits per heavy atom. The Labute approximate surface area is 192 Å². The van der Waals surface area contributed by atoms with E-state index in [1.54, 1.807) is 0 Å². The van der Waals surface area contributed by atoms with Gasteiger partial charge in [0.05, 0.1) is 6.61 Å². The summed E-state index contributed by atoms with van der Waals surface area (Å²) in [7, 11) is 0. The molecule has 32 heavy (non-hydrogen) atoms. The molecule has 1 aliphatic carbocycles. The summed E-state index contributed by atoms with van der Waals surface area (Å²) in [6.07, 6.45) is 11.1. The fraction of sp³-hybridized carbons (Fsp3) is 0.692. The van der Waals surface area contributed by atoms with E-state index in [9.17, 15) is 9.59 Å². The van der Waals surface area contributed by atoms with Gasteiger partial charge in [0.1, 0.15) is 5.75 Å². The molecule has 176 valence electrons. The van der Waals surface area contributed by atoms with E-state index in [0.717, 1.165) is 77.1 Å². The zero-order valence-electron chi connectivity index (χ0n) is 19.4. The van der Waals surface area contributed by atoms with E-state index in [4.69, 9.17) is 4.74 Å². The molecule has 0 bridgehead atoms. The minimum absolute atomic E-state index is 0.335. The van der Waals surface area contributed by atoms with Gasteiger partial charge >= 0.3 is 0 Å². The number of rotatable bonds is 9. The van der Waals surface area contributed by atoms with Crippen LogP contribution in [0.1, 0.15) is 63.4 Å². The van der Waals surface area contributed by atoms with Gasteiger partial charge in [-0.25, -0.2) is 0 Å². The van der Waals surface area contributed by atoms with E-state index in [2.05, 4.69) is 34.1 Å². The zero-order chi connectivity index (χ0) is 22.2. The Hall–Kier alpha value is -2.08. The number of carbonyl (C=O) groups is 2. The van der Waals surface area contributed by atoms with Crippen molar-refractivity contribution in [1.29, 1.82) is 0 Å². The molecule has 1 atom stereocenters. The molecule has 3 aliphatic rings. The molecule has 3 fully saturated rings. The molecule has 4 rings (SSSR count). The SMILES string of the molecule is O=CN1CCN(Cc2ccc(OCCC3CCCCN3C(=O)CC3CCCC3)cc2)CC1. The Morgan fingerprint density at radius 3 is 2.38 bits per heavy atom. The fourth-order valence-electron chi connectivity index (χ4n) is 5.50. The lowest BCUT2D eigenvalue weighted by atomic mass is 9.97. The van der Waals surface area contributed by atoms with Crippen LogP contribution in [-0.2, 0) is 16.1 Å². The number of amides is 2. The van der Waals surface area contributed by atoms with Gasteiger partial charge in [0.2, 0.25) is 12.3 Å². The molecule has 2 aliphatic heterocycles. The summed E-state index contributed by atoms with van der Waals surface area (Å²) >= 11 is 0. The van der Waals surface area contributed by atoms with Crippen LogP contribution in [0.4, 0.5) is 0 Å². The minimum Gasteiger partial charge on any atom is -0.494 e. The third-order valence-corrected chi connectivity index (χ3v) is 7.49. The highest BCUT2D eigenvalue weighted by Gasteiger charge is 2.29. The first-order chi connectivity index (χ1) is 15.7. The summed E-state index contributed by atoms with van der Waals surface area (Å²) in [5.41, 5.74) is 1.27. The quantitative estimate of drug-likeness (QED) is 0.549. The number of piperazine rings is 1. The summed E-state index contributed by atoms with van der Waals surface area (Å²) in [6.45, 7) is 5.96. The molecular weight excluding hydrogens is 402 g/mol. The monoisotopic (exact) mass is 441 g/mol. The topological polar surface area (TPSA) is 53.1 Å². The van der Waals surface area contributed by atoms with Gasteiger partial charge in [-0.3, -0.25) is 14.5 Å². The van der Waals surface area contributed by atoms with Crippen LogP contribution in [0.3, 0.4) is 0 Å². The number of hydrogen-bond acceptors (Lipinski definition) is 4. The van der Waals surface area contributed by atoms with Crippen molar-refractivity contribution in [3.05, 3.63) is 29.8 Å². The lowest BCUT2D eigenvalue weighted by molar-refractivity contribution is -0.136. The second kappa shape index (κ2) is 11.7. The van der Waals surface area contributed by atoms with E-state index in [-0.39, 0.29) is 0 Å². The van der Waals surface area contributed by atoms with Crippen LogP contribution in [0.5, 0.6) is 5.75 Å². The van der Waals surface area contributed by atoms with Crippen LogP contribution in [0.15, 0.2) is 24.3 Å². The maximum absolute atomic E-state index is 12.9. The molecule has 1 saturated carbocycles. The molecule has 1 unspecified atom stereocenters. The van der Waals surface area contributed by atoms with Crippen LogP contribution in [0.2, 0.25) is 0 Å². The van der Waals surface area contributed by atoms with Crippen LogP contribution in [-0.4, -0.2) is 72.4 Å². The second-order valence-electron chi connectivity index (χ2n) is 9.79. The Kier molecular flexibility index (Phi) is 8.43. The highest BCUT2D eigenvalue weighted by Crippen LogP contribution is 2.30. The van der Waals surface area contributed by atoms with E-state index in [0.29, 0.717) is 24.5 Å². The third-order valence-electron chi connectivity index (χ3n) is 7.49. The average Bonchev–Trinajstić information content (AvgIpc) is 3.34. The van der Waals surface area contributed by atoms with Crippen LogP contribution >= 0.6 is 0 Å². The van der Waals surface area contributed by atoms with Crippen molar-refractivity contribution in [2.45, 2.75) is 70.4 Å². The van der Waals surface area contributed by atoms with Gasteiger partial charge in [-0.15, -0.1) is 0 Å². The number of benzene rings is 1. The van der Waals surface area contributed by atoms with E-state index < -0.39 is 0 Å². The van der Waals surface area contributed by atoms with Crippen molar-refractivity contribution in [3.8, 4) is 5.75 Å². The van der Waals surface area contributed by atoms with Gasteiger partial charge in [0, 0.05) is 58.2 Å². The van der Waals surface area contributed by atoms with Crippen molar-refractivity contribution in [1.82, 2.24) is 14.7 Å². The largest absolute Gasteiger partial charge is 0.494 e. The predicted octanol–water partition coefficient (Wildman–Crippen LogP) is 3.69. The molecule has 0 aromatic heterocycles. The van der Waals surface area contributed by atoms with Crippen LogP contribution in [0.25, 0.3) is 0 Å². The molecule has 1 aromatic rings. The molecule has 6 heteroatoms. The molecule has 2 saturated heterocycles. The fourth-order valence-corrected chi connectivity index (χ4v) is 5.50. The first kappa shape index (κ1) is 23.1. The number of piperidine rings is 1. The molecule has 6 nitrogen and oxygen atoms in total. The Balaban J connectivity index is 1.20. The first-order valence-electron chi connectivity index (χ1n) is 12.6. The van der Waals surface area contributed by atoms with Gasteiger partial charge in [0.15, 0.2) is 0 Å². The summed E-state index contributed by atoms with van der Waals surface area (Å²) in [5.74, 6) is 1.90. The highest BCUT2D eigenvalue weighted by molar-refractivity contribution is 5.77. The third kappa shape index (κ3) is 6.47. The normalized spacial score (nSPS) is 22.8. The maximum Gasteiger partial charge on any atom is 0.223 e. The molecule has 1 aromatic carbocycles. The summed E-state index contributed by atoms with van der Waals surface area (Å²) in [5, 5.41) is 0. The van der Waals surface area contributed by atoms with Crippen molar-refractivity contribution in [2.24, 2.45) is 5.92 Å². The van der Waals surface area contributed by atoms with Gasteiger partial charge in [-0.05, 0) is 55.7 Å². The van der Waals surface area contributed by atoms with E-state index in [1.807, 2.05) is 4.90 Å². The van der Waals surface area contributed by atoms with Gasteiger partial charge in [-0.1, -0.05) is 25.0 Å². The van der Waals surface area contributed by atoms with Crippen LogP contribution in [0, 0.1) is 5.92 Å². The van der Waals surface area contributed by atoms with Crippen molar-refractivity contribution in [2.75, 3.05) is 39.3 Å². The van der Waals surface area contributed by atoms with Crippen molar-refractivity contribution in [3.63, 3.8) is 0 Å². The smallest absolute Gasteiger partial charge is 0.223 e. The minimum atomic E-state index is 0.335. The summed E-state index contributed by atoms with van der Waals surface area (Å²) in [4.78, 5) is 30.1. The Bertz CT molecular complexity index is 724. The summed E-state index contributed by atoms with van der Waals surface area (Å²) in [6, 6.07) is 8.72. The molecular formula is C26H39N3O3.